The lowest BCUT2D eigenvalue weighted by atomic mass is 9.74. The Labute approximate surface area is 262 Å². The molecule has 4 atom stereocenters. The predicted molar refractivity (Wildman–Crippen MR) is 176 cm³/mol. The lowest BCUT2D eigenvalue weighted by molar-refractivity contribution is 0.0689. The van der Waals surface area contributed by atoms with Gasteiger partial charge in [-0.3, -0.25) is 0 Å². The highest BCUT2D eigenvalue weighted by Gasteiger charge is 2.53. The van der Waals surface area contributed by atoms with Gasteiger partial charge in [0, 0.05) is 10.8 Å². The zero-order valence-corrected chi connectivity index (χ0v) is 25.8. The molecule has 0 amide bonds. The average Bonchev–Trinajstić information content (AvgIpc) is 3.45. The average molecular weight is 606 g/mol. The monoisotopic (exact) mass is 605 g/mol. The molecule has 1 aliphatic heterocycles. The number of hydrogen-bond acceptors (Lipinski definition) is 4. The van der Waals surface area contributed by atoms with Crippen LogP contribution < -0.4 is 11.4 Å². The maximum Gasteiger partial charge on any atom is 0.352 e. The number of aliphatic hydroxyl groups is 1. The Kier molecular flexibility index (Phi) is 7.06. The van der Waals surface area contributed by atoms with Crippen molar-refractivity contribution < 1.29 is 5.11 Å². The molecule has 8 rings (SSSR count). The summed E-state index contributed by atoms with van der Waals surface area (Å²) >= 11 is 1.87. The Morgan fingerprint density at radius 2 is 1.25 bits per heavy atom. The highest BCUT2D eigenvalue weighted by Crippen LogP contribution is 2.64. The van der Waals surface area contributed by atoms with Gasteiger partial charge in [-0.15, -0.1) is 11.8 Å². The fourth-order valence-corrected chi connectivity index (χ4v) is 10.5. The Balaban J connectivity index is 1.33. The van der Waals surface area contributed by atoms with Crippen LogP contribution in [0, 0.1) is 5.92 Å². The molecule has 1 fully saturated rings. The van der Waals surface area contributed by atoms with Crippen molar-refractivity contribution in [2.24, 2.45) is 5.92 Å². The standard InChI is InChI=1S/C37H39N3O3S/c41-33-23-7-2-1-6-21-31(33)37(29-19-11-9-17-27(29)28-18-10-12-20-30(28)37)44-34-24-26-16-8-13-22-32(34)40-36(43)38(35(42)39(26)40)25-14-4-3-5-15-25/h3-5,9-12,14-15,17-20,24,26,31-33,41H,1-2,6-8,13,16,21-23H2/t26?,31-,32?,33-/m0/s1. The molecule has 2 bridgehead atoms. The number of hydrogen-bond donors (Lipinski definition) is 1. The zero-order valence-electron chi connectivity index (χ0n) is 25.0. The molecule has 4 aromatic rings. The molecule has 0 radical (unpaired) electrons. The molecule has 1 saturated carbocycles. The molecule has 0 spiro atoms. The summed E-state index contributed by atoms with van der Waals surface area (Å²) in [7, 11) is 0. The van der Waals surface area contributed by atoms with Gasteiger partial charge in [0.2, 0.25) is 0 Å². The second-order valence-corrected chi connectivity index (χ2v) is 14.3. The van der Waals surface area contributed by atoms with E-state index in [1.807, 2.05) is 42.1 Å². The minimum atomic E-state index is -0.494. The molecule has 2 heterocycles. The van der Waals surface area contributed by atoms with E-state index in [9.17, 15) is 14.7 Å². The molecule has 7 heteroatoms. The number of fused-ring (bicyclic) bond motifs is 8. The van der Waals surface area contributed by atoms with E-state index in [0.717, 1.165) is 56.3 Å². The summed E-state index contributed by atoms with van der Waals surface area (Å²) in [5.74, 6) is 0.0234. The highest BCUT2D eigenvalue weighted by molar-refractivity contribution is 8.04. The van der Waals surface area contributed by atoms with Gasteiger partial charge in [-0.05, 0) is 66.1 Å². The molecule has 1 aromatic heterocycles. The van der Waals surface area contributed by atoms with E-state index in [1.54, 1.807) is 9.36 Å². The van der Waals surface area contributed by atoms with Crippen LogP contribution >= 0.6 is 11.8 Å². The number of para-hydroxylation sites is 1. The van der Waals surface area contributed by atoms with Gasteiger partial charge in [-0.1, -0.05) is 105 Å². The number of aromatic nitrogens is 3. The molecular formula is C37H39N3O3S. The van der Waals surface area contributed by atoms with Crippen molar-refractivity contribution in [3.8, 4) is 16.8 Å². The normalized spacial score (nSPS) is 25.5. The minimum absolute atomic E-state index is 0.0234. The molecular weight excluding hydrogens is 566 g/mol. The minimum Gasteiger partial charge on any atom is -0.393 e. The third-order valence-electron chi connectivity index (χ3n) is 10.5. The lowest BCUT2D eigenvalue weighted by Gasteiger charge is -2.45. The van der Waals surface area contributed by atoms with Gasteiger partial charge in [0.1, 0.15) is 0 Å². The third-order valence-corrected chi connectivity index (χ3v) is 12.2. The SMILES string of the molecule is O=c1n(-c2ccccc2)c(=O)n2n1C1C=C(SC3([C@H]4CCCCCC[C@@H]4O)c4ccccc4-c4ccccc43)C2CCCC1. The van der Waals surface area contributed by atoms with Crippen molar-refractivity contribution in [1.29, 1.82) is 0 Å². The van der Waals surface area contributed by atoms with Crippen LogP contribution in [0.15, 0.2) is 99.4 Å². The summed E-state index contributed by atoms with van der Waals surface area (Å²) in [6, 6.07) is 26.4. The van der Waals surface area contributed by atoms with Gasteiger partial charge >= 0.3 is 11.4 Å². The van der Waals surface area contributed by atoms with Crippen LogP contribution in [0.25, 0.3) is 16.8 Å². The van der Waals surface area contributed by atoms with Crippen molar-refractivity contribution in [3.63, 3.8) is 0 Å². The zero-order chi connectivity index (χ0) is 29.8. The number of thioether (sulfide) groups is 1. The van der Waals surface area contributed by atoms with Crippen LogP contribution in [-0.2, 0) is 4.75 Å². The van der Waals surface area contributed by atoms with Gasteiger partial charge in [0.05, 0.1) is 28.6 Å². The first kappa shape index (κ1) is 28.0. The number of nitrogens with zero attached hydrogens (tertiary/aromatic N) is 3. The van der Waals surface area contributed by atoms with E-state index < -0.39 is 10.9 Å². The van der Waals surface area contributed by atoms with E-state index in [1.165, 1.54) is 39.7 Å². The maximum absolute atomic E-state index is 14.2. The highest BCUT2D eigenvalue weighted by atomic mass is 32.2. The van der Waals surface area contributed by atoms with Crippen LogP contribution in [0.1, 0.15) is 87.4 Å². The van der Waals surface area contributed by atoms with E-state index in [0.29, 0.717) is 5.69 Å². The van der Waals surface area contributed by atoms with Crippen LogP contribution in [0.4, 0.5) is 0 Å². The summed E-state index contributed by atoms with van der Waals surface area (Å²) in [6.07, 6.45) is 11.8. The van der Waals surface area contributed by atoms with Crippen molar-refractivity contribution in [2.45, 2.75) is 87.1 Å². The van der Waals surface area contributed by atoms with Crippen molar-refractivity contribution >= 4 is 11.8 Å². The second-order valence-electron chi connectivity index (χ2n) is 13.0. The number of aliphatic hydroxyl groups excluding tert-OH is 1. The number of rotatable bonds is 4. The van der Waals surface area contributed by atoms with Gasteiger partial charge < -0.3 is 5.11 Å². The molecule has 44 heavy (non-hydrogen) atoms. The molecule has 1 N–H and O–H groups in total. The van der Waals surface area contributed by atoms with Crippen molar-refractivity contribution in [3.05, 3.63) is 122 Å². The summed E-state index contributed by atoms with van der Waals surface area (Å²) in [5.41, 5.74) is 5.09. The fraction of sp³-hybridized carbons (Fsp3) is 0.405. The summed E-state index contributed by atoms with van der Waals surface area (Å²) < 4.78 is 4.36. The smallest absolute Gasteiger partial charge is 0.352 e. The molecule has 226 valence electrons. The van der Waals surface area contributed by atoms with Gasteiger partial charge in [-0.25, -0.2) is 23.5 Å². The van der Waals surface area contributed by atoms with E-state index in [-0.39, 0.29) is 29.4 Å². The van der Waals surface area contributed by atoms with E-state index >= 15 is 0 Å². The number of benzene rings is 3. The van der Waals surface area contributed by atoms with E-state index in [2.05, 4.69) is 54.6 Å². The fourth-order valence-electron chi connectivity index (χ4n) is 8.55. The molecule has 3 aromatic carbocycles. The Bertz CT molecular complexity index is 1810. The van der Waals surface area contributed by atoms with Gasteiger partial charge in [0.15, 0.2) is 0 Å². The molecule has 0 saturated heterocycles. The van der Waals surface area contributed by atoms with E-state index in [4.69, 9.17) is 0 Å². The first-order valence-electron chi connectivity index (χ1n) is 16.4. The Hall–Kier alpha value is -3.55. The van der Waals surface area contributed by atoms with Crippen molar-refractivity contribution in [1.82, 2.24) is 13.9 Å². The van der Waals surface area contributed by atoms with Gasteiger partial charge in [-0.2, -0.15) is 0 Å². The van der Waals surface area contributed by atoms with Crippen LogP contribution in [0.2, 0.25) is 0 Å². The lowest BCUT2D eigenvalue weighted by Crippen LogP contribution is -2.42. The quantitative estimate of drug-likeness (QED) is 0.264. The summed E-state index contributed by atoms with van der Waals surface area (Å²) in [4.78, 5) is 29.3. The Morgan fingerprint density at radius 3 is 1.98 bits per heavy atom. The summed E-state index contributed by atoms with van der Waals surface area (Å²) in [5, 5.41) is 11.9. The molecule has 3 aliphatic carbocycles. The largest absolute Gasteiger partial charge is 0.393 e. The third kappa shape index (κ3) is 4.19. The number of allylic oxidation sites excluding steroid dienone is 2. The van der Waals surface area contributed by atoms with Crippen molar-refractivity contribution in [2.75, 3.05) is 0 Å². The van der Waals surface area contributed by atoms with Crippen LogP contribution in [0.5, 0.6) is 0 Å². The Morgan fingerprint density at radius 1 is 0.659 bits per heavy atom. The molecule has 6 nitrogen and oxygen atoms in total. The second kappa shape index (κ2) is 11.1. The van der Waals surface area contributed by atoms with Gasteiger partial charge in [0.25, 0.3) is 0 Å². The summed E-state index contributed by atoms with van der Waals surface area (Å²) in [6.45, 7) is 0. The molecule has 4 aliphatic rings. The van der Waals surface area contributed by atoms with Crippen LogP contribution in [0.3, 0.4) is 0 Å². The predicted octanol–water partition coefficient (Wildman–Crippen LogP) is 7.34. The first-order chi connectivity index (χ1) is 21.6. The van der Waals surface area contributed by atoms with Crippen LogP contribution in [-0.4, -0.2) is 25.1 Å². The molecule has 2 unspecified atom stereocenters. The topological polar surface area (TPSA) is 69.2 Å². The first-order valence-corrected chi connectivity index (χ1v) is 17.2. The maximum atomic E-state index is 14.2.